The number of hydrogen-bond acceptors (Lipinski definition) is 5. The van der Waals surface area contributed by atoms with Crippen molar-refractivity contribution in [2.45, 2.75) is 11.8 Å². The van der Waals surface area contributed by atoms with E-state index in [-0.39, 0.29) is 37.0 Å². The van der Waals surface area contributed by atoms with Gasteiger partial charge in [-0.15, -0.1) is 0 Å². The standard InChI is InChI=1S/C22H22FN3O4S/c1-15-20(12-16-6-7-18(30-2)14-21(16)24-15)22(27)25-8-10-26(11-9-25)31(28,29)19-5-3-4-17(23)13-19/h3-7,12-14H,8-11H2,1-2H3. The quantitative estimate of drug-likeness (QED) is 0.620. The van der Waals surface area contributed by atoms with Gasteiger partial charge in [-0.05, 0) is 43.3 Å². The Morgan fingerprint density at radius 3 is 2.48 bits per heavy atom. The maximum atomic E-state index is 13.5. The number of piperazine rings is 1. The molecule has 1 fully saturated rings. The van der Waals surface area contributed by atoms with Gasteiger partial charge in [-0.25, -0.2) is 12.8 Å². The lowest BCUT2D eigenvalue weighted by atomic mass is 10.1. The summed E-state index contributed by atoms with van der Waals surface area (Å²) in [4.78, 5) is 19.2. The molecule has 162 valence electrons. The van der Waals surface area contributed by atoms with Gasteiger partial charge >= 0.3 is 0 Å². The predicted molar refractivity (Wildman–Crippen MR) is 114 cm³/mol. The maximum absolute atomic E-state index is 13.5. The van der Waals surface area contributed by atoms with Gasteiger partial charge in [-0.1, -0.05) is 6.07 Å². The third-order valence-electron chi connectivity index (χ3n) is 5.41. The van der Waals surface area contributed by atoms with Gasteiger partial charge in [0.05, 0.1) is 28.8 Å². The minimum absolute atomic E-state index is 0.0859. The van der Waals surface area contributed by atoms with Crippen LogP contribution in [-0.2, 0) is 10.0 Å². The van der Waals surface area contributed by atoms with Crippen molar-refractivity contribution in [2.24, 2.45) is 0 Å². The number of carbonyl (C=O) groups excluding carboxylic acids is 1. The molecular formula is C22H22FN3O4S. The van der Waals surface area contributed by atoms with Crippen LogP contribution in [0.5, 0.6) is 5.75 Å². The summed E-state index contributed by atoms with van der Waals surface area (Å²) in [5.41, 5.74) is 1.82. The molecule has 2 aromatic carbocycles. The number of aryl methyl sites for hydroxylation is 1. The summed E-state index contributed by atoms with van der Waals surface area (Å²) in [5, 5.41) is 0.821. The number of aromatic nitrogens is 1. The number of ether oxygens (including phenoxy) is 1. The molecule has 1 aliphatic heterocycles. The molecule has 1 amide bonds. The SMILES string of the molecule is COc1ccc2cc(C(=O)N3CCN(S(=O)(=O)c4cccc(F)c4)CC3)c(C)nc2c1. The highest BCUT2D eigenvalue weighted by molar-refractivity contribution is 7.89. The van der Waals surface area contributed by atoms with E-state index in [1.165, 1.54) is 22.5 Å². The van der Waals surface area contributed by atoms with Crippen molar-refractivity contribution in [2.75, 3.05) is 33.3 Å². The van der Waals surface area contributed by atoms with Crippen LogP contribution < -0.4 is 4.74 Å². The molecule has 0 bridgehead atoms. The average molecular weight is 444 g/mol. The van der Waals surface area contributed by atoms with E-state index < -0.39 is 15.8 Å². The normalized spacial score (nSPS) is 15.3. The van der Waals surface area contributed by atoms with E-state index in [1.54, 1.807) is 25.0 Å². The van der Waals surface area contributed by atoms with Crippen LogP contribution in [0.4, 0.5) is 4.39 Å². The zero-order valence-electron chi connectivity index (χ0n) is 17.2. The highest BCUT2D eigenvalue weighted by Gasteiger charge is 2.31. The van der Waals surface area contributed by atoms with Gasteiger partial charge in [0.15, 0.2) is 0 Å². The second-order valence-corrected chi connectivity index (χ2v) is 9.27. The van der Waals surface area contributed by atoms with Crippen molar-refractivity contribution in [3.05, 3.63) is 65.6 Å². The lowest BCUT2D eigenvalue weighted by Gasteiger charge is -2.34. The number of carbonyl (C=O) groups is 1. The molecule has 0 aliphatic carbocycles. The van der Waals surface area contributed by atoms with Crippen molar-refractivity contribution in [3.63, 3.8) is 0 Å². The lowest BCUT2D eigenvalue weighted by molar-refractivity contribution is 0.0697. The third-order valence-corrected chi connectivity index (χ3v) is 7.30. The number of halogens is 1. The number of methoxy groups -OCH3 is 1. The van der Waals surface area contributed by atoms with Crippen LogP contribution in [0.15, 0.2) is 53.4 Å². The number of sulfonamides is 1. The highest BCUT2D eigenvalue weighted by Crippen LogP contribution is 2.24. The minimum Gasteiger partial charge on any atom is -0.497 e. The zero-order valence-corrected chi connectivity index (χ0v) is 18.0. The predicted octanol–water partition coefficient (Wildman–Crippen LogP) is 2.84. The summed E-state index contributed by atoms with van der Waals surface area (Å²) < 4.78 is 45.5. The number of rotatable bonds is 4. The summed E-state index contributed by atoms with van der Waals surface area (Å²) in [7, 11) is -2.23. The van der Waals surface area contributed by atoms with Crippen LogP contribution in [0.3, 0.4) is 0 Å². The Kier molecular flexibility index (Phi) is 5.63. The molecule has 0 unspecified atom stereocenters. The van der Waals surface area contributed by atoms with Gasteiger partial charge in [0.2, 0.25) is 10.0 Å². The van der Waals surface area contributed by atoms with Crippen molar-refractivity contribution in [1.29, 1.82) is 0 Å². The Balaban J connectivity index is 1.51. The third kappa shape index (κ3) is 4.11. The maximum Gasteiger partial charge on any atom is 0.255 e. The molecule has 0 atom stereocenters. The first-order valence-electron chi connectivity index (χ1n) is 9.80. The van der Waals surface area contributed by atoms with E-state index in [2.05, 4.69) is 4.98 Å². The minimum atomic E-state index is -3.81. The smallest absolute Gasteiger partial charge is 0.255 e. The highest BCUT2D eigenvalue weighted by atomic mass is 32.2. The van der Waals surface area contributed by atoms with E-state index in [4.69, 9.17) is 4.74 Å². The van der Waals surface area contributed by atoms with Gasteiger partial charge in [-0.2, -0.15) is 4.31 Å². The Morgan fingerprint density at radius 2 is 1.81 bits per heavy atom. The van der Waals surface area contributed by atoms with Crippen LogP contribution in [0, 0.1) is 12.7 Å². The van der Waals surface area contributed by atoms with E-state index in [1.807, 2.05) is 18.2 Å². The van der Waals surface area contributed by atoms with Crippen molar-refractivity contribution >= 4 is 26.8 Å². The second kappa shape index (κ2) is 8.24. The molecule has 7 nitrogen and oxygen atoms in total. The fraction of sp³-hybridized carbons (Fsp3) is 0.273. The van der Waals surface area contributed by atoms with Crippen LogP contribution >= 0.6 is 0 Å². The van der Waals surface area contributed by atoms with Crippen molar-refractivity contribution in [1.82, 2.24) is 14.2 Å². The first kappa shape index (κ1) is 21.2. The number of amides is 1. The van der Waals surface area contributed by atoms with Crippen molar-refractivity contribution in [3.8, 4) is 5.75 Å². The summed E-state index contributed by atoms with van der Waals surface area (Å²) in [5.74, 6) is -0.105. The number of hydrogen-bond donors (Lipinski definition) is 0. The average Bonchev–Trinajstić information content (AvgIpc) is 2.78. The van der Waals surface area contributed by atoms with Gasteiger partial charge in [0.25, 0.3) is 5.91 Å². The van der Waals surface area contributed by atoms with E-state index >= 15 is 0 Å². The number of pyridine rings is 1. The fourth-order valence-corrected chi connectivity index (χ4v) is 5.12. The Hall–Kier alpha value is -3.04. The Morgan fingerprint density at radius 1 is 1.06 bits per heavy atom. The molecule has 0 radical (unpaired) electrons. The molecule has 1 saturated heterocycles. The Bertz CT molecular complexity index is 1250. The monoisotopic (exact) mass is 443 g/mol. The first-order valence-corrected chi connectivity index (χ1v) is 11.2. The van der Waals surface area contributed by atoms with E-state index in [9.17, 15) is 17.6 Å². The van der Waals surface area contributed by atoms with Gasteiger partial charge in [0.1, 0.15) is 11.6 Å². The molecule has 0 saturated carbocycles. The number of nitrogens with zero attached hydrogens (tertiary/aromatic N) is 3. The van der Waals surface area contributed by atoms with E-state index in [0.29, 0.717) is 17.0 Å². The zero-order chi connectivity index (χ0) is 22.2. The molecule has 4 rings (SSSR count). The van der Waals surface area contributed by atoms with Gasteiger partial charge < -0.3 is 9.64 Å². The molecule has 0 N–H and O–H groups in total. The fourth-order valence-electron chi connectivity index (χ4n) is 3.67. The van der Waals surface area contributed by atoms with Crippen molar-refractivity contribution < 1.29 is 22.3 Å². The number of fused-ring (bicyclic) bond motifs is 1. The largest absolute Gasteiger partial charge is 0.497 e. The van der Waals surface area contributed by atoms with Gasteiger partial charge in [-0.3, -0.25) is 9.78 Å². The second-order valence-electron chi connectivity index (χ2n) is 7.33. The summed E-state index contributed by atoms with van der Waals surface area (Å²) >= 11 is 0. The molecule has 1 aliphatic rings. The van der Waals surface area contributed by atoms with Crippen LogP contribution in [-0.4, -0.2) is 61.8 Å². The summed E-state index contributed by atoms with van der Waals surface area (Å²) in [6.45, 7) is 2.54. The molecule has 3 aromatic rings. The topological polar surface area (TPSA) is 79.8 Å². The molecule has 31 heavy (non-hydrogen) atoms. The summed E-state index contributed by atoms with van der Waals surface area (Å²) in [6.07, 6.45) is 0. The van der Waals surface area contributed by atoms with E-state index in [0.717, 1.165) is 17.0 Å². The number of benzene rings is 2. The lowest BCUT2D eigenvalue weighted by Crippen LogP contribution is -2.50. The van der Waals surface area contributed by atoms with Crippen LogP contribution in [0.25, 0.3) is 10.9 Å². The molecule has 0 spiro atoms. The molecular weight excluding hydrogens is 421 g/mol. The first-order chi connectivity index (χ1) is 14.8. The van der Waals surface area contributed by atoms with Crippen LogP contribution in [0.1, 0.15) is 16.1 Å². The van der Waals surface area contributed by atoms with Gasteiger partial charge in [0, 0.05) is 37.6 Å². The Labute approximate surface area is 180 Å². The summed E-state index contributed by atoms with van der Waals surface area (Å²) in [6, 6.07) is 12.2. The molecule has 9 heteroatoms. The van der Waals surface area contributed by atoms with Crippen LogP contribution in [0.2, 0.25) is 0 Å². The molecule has 1 aromatic heterocycles. The molecule has 2 heterocycles.